The summed E-state index contributed by atoms with van der Waals surface area (Å²) in [6, 6.07) is 20.7. The molecule has 0 amide bonds. The number of rotatable bonds is 10. The van der Waals surface area contributed by atoms with E-state index < -0.39 is 0 Å². The summed E-state index contributed by atoms with van der Waals surface area (Å²) in [5.41, 5.74) is 3.44. The Hall–Kier alpha value is -3.79. The van der Waals surface area contributed by atoms with E-state index >= 15 is 0 Å². The maximum absolute atomic E-state index is 12.5. The molecule has 0 aliphatic carbocycles. The molecule has 158 valence electrons. The van der Waals surface area contributed by atoms with Gasteiger partial charge in [-0.15, -0.1) is 6.58 Å². The average Bonchev–Trinajstić information content (AvgIpc) is 2.82. The predicted molar refractivity (Wildman–Crippen MR) is 124 cm³/mol. The van der Waals surface area contributed by atoms with Gasteiger partial charge >= 0.3 is 0 Å². The fourth-order valence-corrected chi connectivity index (χ4v) is 3.18. The summed E-state index contributed by atoms with van der Waals surface area (Å²) in [6.07, 6.45) is 5.94. The summed E-state index contributed by atoms with van der Waals surface area (Å²) in [6.45, 7) is 4.15. The highest BCUT2D eigenvalue weighted by atomic mass is 16.5. The van der Waals surface area contributed by atoms with Crippen LogP contribution in [0, 0.1) is 0 Å². The first-order valence-electron chi connectivity index (χ1n) is 9.99. The number of benzene rings is 3. The van der Waals surface area contributed by atoms with Crippen molar-refractivity contribution in [3.63, 3.8) is 0 Å². The third-order valence-corrected chi connectivity index (χ3v) is 4.81. The van der Waals surface area contributed by atoms with Crippen molar-refractivity contribution in [3.05, 3.63) is 108 Å². The van der Waals surface area contributed by atoms with E-state index in [-0.39, 0.29) is 5.78 Å². The lowest BCUT2D eigenvalue weighted by Crippen LogP contribution is -2.01. The van der Waals surface area contributed by atoms with E-state index in [1.54, 1.807) is 44.6 Å². The van der Waals surface area contributed by atoms with Gasteiger partial charge in [-0.2, -0.15) is 0 Å². The highest BCUT2D eigenvalue weighted by Gasteiger charge is 2.08. The molecule has 4 nitrogen and oxygen atoms in total. The normalized spacial score (nSPS) is 10.6. The van der Waals surface area contributed by atoms with Crippen LogP contribution in [0.3, 0.4) is 0 Å². The first kappa shape index (κ1) is 21.9. The van der Waals surface area contributed by atoms with E-state index in [0.717, 1.165) is 34.6 Å². The second-order valence-corrected chi connectivity index (χ2v) is 6.89. The molecule has 0 radical (unpaired) electrons. The van der Waals surface area contributed by atoms with Crippen molar-refractivity contribution < 1.29 is 19.0 Å². The molecule has 0 aromatic heterocycles. The van der Waals surface area contributed by atoms with Crippen LogP contribution in [-0.4, -0.2) is 20.0 Å². The molecule has 0 saturated carbocycles. The number of ether oxygens (including phenoxy) is 3. The smallest absolute Gasteiger partial charge is 0.185 e. The zero-order valence-corrected chi connectivity index (χ0v) is 17.8. The molecular formula is C27H26O4. The number of hydrogen-bond donors (Lipinski definition) is 0. The maximum Gasteiger partial charge on any atom is 0.185 e. The fraction of sp³-hybridized carbons (Fsp3) is 0.148. The van der Waals surface area contributed by atoms with Crippen LogP contribution < -0.4 is 14.2 Å². The molecule has 3 aromatic carbocycles. The van der Waals surface area contributed by atoms with Gasteiger partial charge in [0.25, 0.3) is 0 Å². The van der Waals surface area contributed by atoms with E-state index in [9.17, 15) is 4.79 Å². The van der Waals surface area contributed by atoms with Crippen molar-refractivity contribution in [2.24, 2.45) is 0 Å². The highest BCUT2D eigenvalue weighted by Crippen LogP contribution is 2.25. The van der Waals surface area contributed by atoms with Crippen LogP contribution in [0.25, 0.3) is 6.08 Å². The van der Waals surface area contributed by atoms with Gasteiger partial charge in [-0.05, 0) is 54.0 Å². The van der Waals surface area contributed by atoms with Gasteiger partial charge in [0, 0.05) is 11.1 Å². The Labute approximate surface area is 183 Å². The van der Waals surface area contributed by atoms with Gasteiger partial charge in [0.2, 0.25) is 0 Å². The lowest BCUT2D eigenvalue weighted by atomic mass is 10.1. The van der Waals surface area contributed by atoms with Gasteiger partial charge in [0.15, 0.2) is 5.78 Å². The van der Waals surface area contributed by atoms with Crippen LogP contribution in [0.15, 0.2) is 85.5 Å². The van der Waals surface area contributed by atoms with Gasteiger partial charge in [-0.1, -0.05) is 48.6 Å². The minimum atomic E-state index is -0.0918. The van der Waals surface area contributed by atoms with Gasteiger partial charge in [0.05, 0.1) is 14.2 Å². The number of ketones is 1. The van der Waals surface area contributed by atoms with E-state index in [1.165, 1.54) is 0 Å². The van der Waals surface area contributed by atoms with Crippen molar-refractivity contribution in [1.82, 2.24) is 0 Å². The van der Waals surface area contributed by atoms with Crippen molar-refractivity contribution in [3.8, 4) is 17.2 Å². The zero-order chi connectivity index (χ0) is 22.1. The number of carbonyl (C=O) groups excluding carboxylic acids is 1. The van der Waals surface area contributed by atoms with Crippen molar-refractivity contribution >= 4 is 11.9 Å². The van der Waals surface area contributed by atoms with Crippen molar-refractivity contribution in [1.29, 1.82) is 0 Å². The summed E-state index contributed by atoms with van der Waals surface area (Å²) in [4.78, 5) is 12.5. The lowest BCUT2D eigenvalue weighted by molar-refractivity contribution is 0.104. The largest absolute Gasteiger partial charge is 0.497 e. The Morgan fingerprint density at radius 3 is 2.52 bits per heavy atom. The Kier molecular flexibility index (Phi) is 7.66. The van der Waals surface area contributed by atoms with Crippen molar-refractivity contribution in [2.75, 3.05) is 14.2 Å². The maximum atomic E-state index is 12.5. The molecule has 0 unspecified atom stereocenters. The molecule has 0 aliphatic heterocycles. The minimum absolute atomic E-state index is 0.0918. The van der Waals surface area contributed by atoms with E-state index in [0.29, 0.717) is 17.9 Å². The summed E-state index contributed by atoms with van der Waals surface area (Å²) < 4.78 is 16.7. The SMILES string of the molecule is C=CCc1ccccc1OCc1cc(/C=C/C(=O)c2cccc(OC)c2)ccc1OC. The molecule has 0 fully saturated rings. The average molecular weight is 415 g/mol. The number of methoxy groups -OCH3 is 2. The molecule has 4 heteroatoms. The number of carbonyl (C=O) groups is 1. The standard InChI is InChI=1S/C27H26O4/c1-4-8-21-9-5-6-12-27(21)31-19-23-17-20(14-16-26(23)30-3)13-15-25(28)22-10-7-11-24(18-22)29-2/h4-7,9-18H,1,8,19H2,2-3H3/b15-13+. The summed E-state index contributed by atoms with van der Waals surface area (Å²) >= 11 is 0. The Bertz CT molecular complexity index is 1080. The fourth-order valence-electron chi connectivity index (χ4n) is 3.18. The van der Waals surface area contributed by atoms with E-state index in [4.69, 9.17) is 14.2 Å². The van der Waals surface area contributed by atoms with Crippen LogP contribution >= 0.6 is 0 Å². The first-order valence-corrected chi connectivity index (χ1v) is 9.99. The van der Waals surface area contributed by atoms with Crippen LogP contribution in [0.5, 0.6) is 17.2 Å². The summed E-state index contributed by atoms with van der Waals surface area (Å²) in [5.74, 6) is 2.11. The monoisotopic (exact) mass is 414 g/mol. The van der Waals surface area contributed by atoms with E-state index in [2.05, 4.69) is 6.58 Å². The third-order valence-electron chi connectivity index (χ3n) is 4.81. The lowest BCUT2D eigenvalue weighted by Gasteiger charge is -2.13. The van der Waals surface area contributed by atoms with E-state index in [1.807, 2.05) is 54.6 Å². The van der Waals surface area contributed by atoms with Crippen molar-refractivity contribution in [2.45, 2.75) is 13.0 Å². The predicted octanol–water partition coefficient (Wildman–Crippen LogP) is 5.91. The second-order valence-electron chi connectivity index (χ2n) is 6.89. The quantitative estimate of drug-likeness (QED) is 0.235. The molecule has 0 saturated heterocycles. The van der Waals surface area contributed by atoms with Crippen LogP contribution in [0.2, 0.25) is 0 Å². The molecule has 0 heterocycles. The number of hydrogen-bond acceptors (Lipinski definition) is 4. The Balaban J connectivity index is 1.76. The van der Waals surface area contributed by atoms with Crippen LogP contribution in [0.4, 0.5) is 0 Å². The topological polar surface area (TPSA) is 44.8 Å². The Morgan fingerprint density at radius 1 is 0.903 bits per heavy atom. The Morgan fingerprint density at radius 2 is 1.74 bits per heavy atom. The summed E-state index contributed by atoms with van der Waals surface area (Å²) in [5, 5.41) is 0. The number of allylic oxidation sites excluding steroid dienone is 2. The molecule has 3 rings (SSSR count). The molecule has 0 N–H and O–H groups in total. The molecule has 31 heavy (non-hydrogen) atoms. The third kappa shape index (κ3) is 5.86. The zero-order valence-electron chi connectivity index (χ0n) is 17.8. The molecule has 0 spiro atoms. The molecular weight excluding hydrogens is 388 g/mol. The summed E-state index contributed by atoms with van der Waals surface area (Å²) in [7, 11) is 3.21. The van der Waals surface area contributed by atoms with Crippen LogP contribution in [-0.2, 0) is 13.0 Å². The van der Waals surface area contributed by atoms with Gasteiger partial charge in [0.1, 0.15) is 23.9 Å². The van der Waals surface area contributed by atoms with Gasteiger partial charge in [-0.3, -0.25) is 4.79 Å². The molecule has 0 bridgehead atoms. The van der Waals surface area contributed by atoms with Gasteiger partial charge in [-0.25, -0.2) is 0 Å². The minimum Gasteiger partial charge on any atom is -0.497 e. The second kappa shape index (κ2) is 10.8. The van der Waals surface area contributed by atoms with Gasteiger partial charge < -0.3 is 14.2 Å². The van der Waals surface area contributed by atoms with Crippen LogP contribution in [0.1, 0.15) is 27.0 Å². The highest BCUT2D eigenvalue weighted by molar-refractivity contribution is 6.07. The molecule has 0 aliphatic rings. The molecule has 0 atom stereocenters. The number of para-hydroxylation sites is 1. The molecule has 3 aromatic rings. The first-order chi connectivity index (χ1) is 15.1.